The van der Waals surface area contributed by atoms with E-state index in [9.17, 15) is 9.59 Å². The highest BCUT2D eigenvalue weighted by atomic mass is 35.5. The molecule has 0 aliphatic rings. The van der Waals surface area contributed by atoms with Crippen LogP contribution in [-0.4, -0.2) is 29.3 Å². The van der Waals surface area contributed by atoms with Crippen LogP contribution >= 0.6 is 11.6 Å². The number of methoxy groups -OCH3 is 1. The second-order valence-electron chi connectivity index (χ2n) is 3.05. The summed E-state index contributed by atoms with van der Waals surface area (Å²) in [5.74, 6) is -3.42. The van der Waals surface area contributed by atoms with Gasteiger partial charge in [-0.15, -0.1) is 0 Å². The number of carboxylic acid groups (broad SMARTS) is 2. The molecule has 7 heteroatoms. The Balaban J connectivity index is 3.08. The van der Waals surface area contributed by atoms with Gasteiger partial charge in [-0.25, -0.2) is 9.59 Å². The van der Waals surface area contributed by atoms with Crippen LogP contribution in [0.5, 0.6) is 11.5 Å². The zero-order valence-electron chi connectivity index (χ0n) is 9.21. The molecule has 0 aliphatic carbocycles. The minimum atomic E-state index is -1.51. The van der Waals surface area contributed by atoms with Gasteiger partial charge in [0.15, 0.2) is 11.5 Å². The summed E-state index contributed by atoms with van der Waals surface area (Å²) in [6, 6.07) is 4.25. The van der Waals surface area contributed by atoms with E-state index in [-0.39, 0.29) is 11.5 Å². The van der Waals surface area contributed by atoms with Gasteiger partial charge in [0.25, 0.3) is 0 Å². The molecule has 2 N–H and O–H groups in total. The maximum Gasteiger partial charge on any atom is 0.372 e. The number of ether oxygens (including phenoxy) is 2. The number of benzene rings is 1. The monoisotopic (exact) mass is 272 g/mol. The van der Waals surface area contributed by atoms with Crippen LogP contribution in [0, 0.1) is 0 Å². The van der Waals surface area contributed by atoms with Crippen LogP contribution in [0.1, 0.15) is 0 Å². The highest BCUT2D eigenvalue weighted by Gasteiger charge is 2.15. The number of halogens is 1. The van der Waals surface area contributed by atoms with E-state index in [2.05, 4.69) is 0 Å². The van der Waals surface area contributed by atoms with E-state index < -0.39 is 17.7 Å². The molecular formula is C11H9ClO6. The molecule has 0 spiro atoms. The second kappa shape index (κ2) is 5.92. The van der Waals surface area contributed by atoms with Gasteiger partial charge in [-0.1, -0.05) is 11.6 Å². The first-order valence-corrected chi connectivity index (χ1v) is 5.01. The fourth-order valence-electron chi connectivity index (χ4n) is 1.09. The molecule has 1 aromatic carbocycles. The number of carboxylic acids is 2. The average Bonchev–Trinajstić information content (AvgIpc) is 2.29. The Morgan fingerprint density at radius 1 is 1.28 bits per heavy atom. The molecule has 0 unspecified atom stereocenters. The van der Waals surface area contributed by atoms with Gasteiger partial charge in [-0.2, -0.15) is 0 Å². The predicted octanol–water partition coefficient (Wildman–Crippen LogP) is 1.78. The maximum absolute atomic E-state index is 10.8. The molecule has 0 aromatic heterocycles. The van der Waals surface area contributed by atoms with E-state index >= 15 is 0 Å². The standard InChI is InChI=1S/C11H9ClO6/c1-17-8-4-6(12)2-3-7(8)18-9(11(15)16)5-10(13)14/h2-5H,1H3,(H,13,14)(H,15,16)/b9-5-. The lowest BCUT2D eigenvalue weighted by atomic mass is 10.3. The summed E-state index contributed by atoms with van der Waals surface area (Å²) in [5.41, 5.74) is 0. The Bertz CT molecular complexity index is 508. The Morgan fingerprint density at radius 2 is 1.94 bits per heavy atom. The zero-order valence-corrected chi connectivity index (χ0v) is 9.97. The molecule has 6 nitrogen and oxygen atoms in total. The van der Waals surface area contributed by atoms with E-state index in [0.29, 0.717) is 11.1 Å². The van der Waals surface area contributed by atoms with Gasteiger partial charge in [-0.3, -0.25) is 0 Å². The molecule has 0 saturated heterocycles. The number of hydrogen-bond acceptors (Lipinski definition) is 4. The van der Waals surface area contributed by atoms with Crippen LogP contribution in [-0.2, 0) is 9.59 Å². The largest absolute Gasteiger partial charge is 0.493 e. The molecule has 0 fully saturated rings. The van der Waals surface area contributed by atoms with Crippen LogP contribution in [0.2, 0.25) is 5.02 Å². The molecule has 0 heterocycles. The Labute approximate surface area is 107 Å². The average molecular weight is 273 g/mol. The minimum Gasteiger partial charge on any atom is -0.493 e. The van der Waals surface area contributed by atoms with Crippen molar-refractivity contribution in [2.45, 2.75) is 0 Å². The number of rotatable bonds is 5. The summed E-state index contributed by atoms with van der Waals surface area (Å²) < 4.78 is 9.90. The molecular weight excluding hydrogens is 264 g/mol. The van der Waals surface area contributed by atoms with Gasteiger partial charge < -0.3 is 19.7 Å². The predicted molar refractivity (Wildman–Crippen MR) is 62.0 cm³/mol. The minimum absolute atomic E-state index is 0.0526. The highest BCUT2D eigenvalue weighted by molar-refractivity contribution is 6.30. The van der Waals surface area contributed by atoms with Crippen molar-refractivity contribution in [1.29, 1.82) is 0 Å². The Kier molecular flexibility index (Phi) is 4.56. The smallest absolute Gasteiger partial charge is 0.372 e. The van der Waals surface area contributed by atoms with Crippen molar-refractivity contribution in [3.63, 3.8) is 0 Å². The van der Waals surface area contributed by atoms with E-state index in [4.69, 9.17) is 31.3 Å². The third-order valence-electron chi connectivity index (χ3n) is 1.81. The van der Waals surface area contributed by atoms with Gasteiger partial charge in [-0.05, 0) is 12.1 Å². The molecule has 1 rings (SSSR count). The maximum atomic E-state index is 10.8. The van der Waals surface area contributed by atoms with Crippen molar-refractivity contribution in [1.82, 2.24) is 0 Å². The van der Waals surface area contributed by atoms with Gasteiger partial charge >= 0.3 is 11.9 Å². The van der Waals surface area contributed by atoms with Gasteiger partial charge in [0.05, 0.1) is 13.2 Å². The lowest BCUT2D eigenvalue weighted by Gasteiger charge is -2.10. The molecule has 0 amide bonds. The van der Waals surface area contributed by atoms with Crippen LogP contribution in [0.15, 0.2) is 30.0 Å². The van der Waals surface area contributed by atoms with Crippen molar-refractivity contribution in [2.75, 3.05) is 7.11 Å². The van der Waals surface area contributed by atoms with E-state index in [1.807, 2.05) is 0 Å². The normalized spacial score (nSPS) is 10.9. The van der Waals surface area contributed by atoms with Crippen LogP contribution in [0.4, 0.5) is 0 Å². The first-order chi connectivity index (χ1) is 8.43. The fourth-order valence-corrected chi connectivity index (χ4v) is 1.25. The number of carbonyl (C=O) groups is 2. The molecule has 1 aromatic rings. The first kappa shape index (κ1) is 13.9. The molecule has 0 atom stereocenters. The van der Waals surface area contributed by atoms with Crippen LogP contribution in [0.3, 0.4) is 0 Å². The lowest BCUT2D eigenvalue weighted by Crippen LogP contribution is -2.10. The van der Waals surface area contributed by atoms with Gasteiger partial charge in [0.2, 0.25) is 5.76 Å². The van der Waals surface area contributed by atoms with E-state index in [1.165, 1.54) is 25.3 Å². The molecule has 18 heavy (non-hydrogen) atoms. The summed E-state index contributed by atoms with van der Waals surface area (Å²) in [6.45, 7) is 0. The van der Waals surface area contributed by atoms with Crippen LogP contribution < -0.4 is 9.47 Å². The molecule has 0 bridgehead atoms. The van der Waals surface area contributed by atoms with E-state index in [1.54, 1.807) is 0 Å². The summed E-state index contributed by atoms with van der Waals surface area (Å²) in [6.07, 6.45) is 0.441. The van der Waals surface area contributed by atoms with E-state index in [0.717, 1.165) is 0 Å². The summed E-state index contributed by atoms with van der Waals surface area (Å²) >= 11 is 5.72. The van der Waals surface area contributed by atoms with Crippen LogP contribution in [0.25, 0.3) is 0 Å². The molecule has 0 aliphatic heterocycles. The van der Waals surface area contributed by atoms with Crippen molar-refractivity contribution in [3.05, 3.63) is 35.1 Å². The van der Waals surface area contributed by atoms with Crippen molar-refractivity contribution in [2.24, 2.45) is 0 Å². The fraction of sp³-hybridized carbons (Fsp3) is 0.0909. The molecule has 0 saturated carbocycles. The zero-order chi connectivity index (χ0) is 13.7. The second-order valence-corrected chi connectivity index (χ2v) is 3.49. The Morgan fingerprint density at radius 3 is 2.44 bits per heavy atom. The molecule has 0 radical (unpaired) electrons. The summed E-state index contributed by atoms with van der Waals surface area (Å²) in [4.78, 5) is 21.2. The highest BCUT2D eigenvalue weighted by Crippen LogP contribution is 2.31. The quantitative estimate of drug-likeness (QED) is 0.627. The van der Waals surface area contributed by atoms with Crippen molar-refractivity contribution >= 4 is 23.5 Å². The van der Waals surface area contributed by atoms with Gasteiger partial charge in [0.1, 0.15) is 0 Å². The first-order valence-electron chi connectivity index (χ1n) is 4.63. The topological polar surface area (TPSA) is 93.1 Å². The van der Waals surface area contributed by atoms with Crippen molar-refractivity contribution in [3.8, 4) is 11.5 Å². The molecule has 96 valence electrons. The summed E-state index contributed by atoms with van der Waals surface area (Å²) in [5, 5.41) is 17.7. The lowest BCUT2D eigenvalue weighted by molar-refractivity contribution is -0.137. The third-order valence-corrected chi connectivity index (χ3v) is 2.05. The SMILES string of the molecule is COc1cc(Cl)ccc1O/C(=C\C(=O)O)C(=O)O. The Hall–Kier alpha value is -2.21. The van der Waals surface area contributed by atoms with Crippen molar-refractivity contribution < 1.29 is 29.3 Å². The summed E-state index contributed by atoms with van der Waals surface area (Å²) in [7, 11) is 1.35. The number of hydrogen-bond donors (Lipinski definition) is 2. The number of aliphatic carboxylic acids is 2. The van der Waals surface area contributed by atoms with Gasteiger partial charge in [0, 0.05) is 11.1 Å². The third kappa shape index (κ3) is 3.67.